The van der Waals surface area contributed by atoms with Crippen LogP contribution in [-0.4, -0.2) is 68.2 Å². The molecule has 7 rings (SSSR count). The number of nitrogens with zero attached hydrogens (tertiary/aromatic N) is 6. The van der Waals surface area contributed by atoms with Gasteiger partial charge in [0.25, 0.3) is 0 Å². The lowest BCUT2D eigenvalue weighted by molar-refractivity contribution is 0.0481. The van der Waals surface area contributed by atoms with Crippen molar-refractivity contribution in [2.24, 2.45) is 11.8 Å². The Morgan fingerprint density at radius 2 is 1.95 bits per heavy atom. The molecule has 1 N–H and O–H groups in total. The van der Waals surface area contributed by atoms with Gasteiger partial charge >= 0.3 is 5.76 Å². The van der Waals surface area contributed by atoms with E-state index in [9.17, 15) is 4.79 Å². The molecule has 0 radical (unpaired) electrons. The average molecular weight is 594 g/mol. The SMILES string of the molecule is CO[C@@H]1C[C@H](C2(OC)CC2)N(c2nc3cc(-c4noc(=O)[nH]4)nc(-c4cncc(Cl)c4)c3n2CC2CCC(C)CC2)C1. The van der Waals surface area contributed by atoms with Gasteiger partial charge < -0.3 is 18.9 Å². The van der Waals surface area contributed by atoms with Crippen molar-refractivity contribution in [3.8, 4) is 22.8 Å². The highest BCUT2D eigenvalue weighted by molar-refractivity contribution is 6.30. The third-order valence-corrected chi connectivity index (χ3v) is 9.76. The molecule has 2 saturated carbocycles. The van der Waals surface area contributed by atoms with Gasteiger partial charge in [-0.15, -0.1) is 0 Å². The van der Waals surface area contributed by atoms with E-state index in [0.29, 0.717) is 22.3 Å². The summed E-state index contributed by atoms with van der Waals surface area (Å²) in [7, 11) is 3.60. The van der Waals surface area contributed by atoms with E-state index in [1.807, 2.05) is 19.2 Å². The lowest BCUT2D eigenvalue weighted by Gasteiger charge is -2.33. The van der Waals surface area contributed by atoms with Crippen LogP contribution < -0.4 is 10.7 Å². The van der Waals surface area contributed by atoms with Gasteiger partial charge in [0.05, 0.1) is 39.5 Å². The average Bonchev–Trinajstić information content (AvgIpc) is 3.28. The quantitative estimate of drug-likeness (QED) is 0.297. The van der Waals surface area contributed by atoms with E-state index >= 15 is 0 Å². The van der Waals surface area contributed by atoms with Gasteiger partial charge in [-0.1, -0.05) is 36.5 Å². The van der Waals surface area contributed by atoms with Crippen LogP contribution in [0.1, 0.15) is 51.9 Å². The minimum atomic E-state index is -0.643. The van der Waals surface area contributed by atoms with Crippen molar-refractivity contribution < 1.29 is 14.0 Å². The molecule has 0 aromatic carbocycles. The number of rotatable bonds is 8. The summed E-state index contributed by atoms with van der Waals surface area (Å²) in [5, 5.41) is 4.42. The normalized spacial score (nSPS) is 25.4. The second kappa shape index (κ2) is 10.8. The predicted octanol–water partition coefficient (Wildman–Crippen LogP) is 5.09. The summed E-state index contributed by atoms with van der Waals surface area (Å²) in [5.74, 6) is 1.76. The molecule has 1 saturated heterocycles. The number of imidazole rings is 1. The van der Waals surface area contributed by atoms with Crippen molar-refractivity contribution in [3.63, 3.8) is 0 Å². The first-order chi connectivity index (χ1) is 20.4. The van der Waals surface area contributed by atoms with E-state index in [1.54, 1.807) is 19.5 Å². The molecule has 2 aliphatic carbocycles. The van der Waals surface area contributed by atoms with E-state index < -0.39 is 5.76 Å². The molecule has 2 atom stereocenters. The predicted molar refractivity (Wildman–Crippen MR) is 159 cm³/mol. The lowest BCUT2D eigenvalue weighted by atomic mass is 9.83. The summed E-state index contributed by atoms with van der Waals surface area (Å²) in [6, 6.07) is 3.87. The Morgan fingerprint density at radius 1 is 1.14 bits per heavy atom. The van der Waals surface area contributed by atoms with Gasteiger partial charge in [0, 0.05) is 45.3 Å². The first-order valence-corrected chi connectivity index (χ1v) is 15.2. The van der Waals surface area contributed by atoms with E-state index in [0.717, 1.165) is 60.8 Å². The number of aromatic nitrogens is 6. The summed E-state index contributed by atoms with van der Waals surface area (Å²) in [6.07, 6.45) is 11.2. The highest BCUT2D eigenvalue weighted by Crippen LogP contribution is 2.49. The number of aromatic amines is 1. The number of hydrogen-bond donors (Lipinski definition) is 1. The summed E-state index contributed by atoms with van der Waals surface area (Å²) in [5.41, 5.74) is 3.35. The number of nitrogens with one attached hydrogen (secondary N) is 1. The zero-order valence-corrected chi connectivity index (χ0v) is 24.9. The molecule has 0 unspecified atom stereocenters. The van der Waals surface area contributed by atoms with Crippen molar-refractivity contribution in [2.75, 3.05) is 25.7 Å². The summed E-state index contributed by atoms with van der Waals surface area (Å²) in [6.45, 7) is 3.89. The molecular formula is C30H36ClN7O4. The van der Waals surface area contributed by atoms with Gasteiger partial charge in [-0.05, 0) is 56.1 Å². The van der Waals surface area contributed by atoms with Crippen molar-refractivity contribution in [2.45, 2.75) is 76.2 Å². The van der Waals surface area contributed by atoms with Gasteiger partial charge in [0.2, 0.25) is 11.8 Å². The van der Waals surface area contributed by atoms with Crippen molar-refractivity contribution in [1.29, 1.82) is 0 Å². The molecule has 42 heavy (non-hydrogen) atoms. The third-order valence-electron chi connectivity index (χ3n) is 9.55. The molecular weight excluding hydrogens is 558 g/mol. The van der Waals surface area contributed by atoms with Crippen molar-refractivity contribution in [1.82, 2.24) is 29.7 Å². The van der Waals surface area contributed by atoms with E-state index in [2.05, 4.69) is 31.5 Å². The molecule has 222 valence electrons. The Balaban J connectivity index is 1.45. The van der Waals surface area contributed by atoms with Gasteiger partial charge in [0.1, 0.15) is 5.69 Å². The Bertz CT molecular complexity index is 1650. The first-order valence-electron chi connectivity index (χ1n) is 14.8. The summed E-state index contributed by atoms with van der Waals surface area (Å²) < 4.78 is 19.2. The Labute approximate surface area is 248 Å². The fourth-order valence-corrected chi connectivity index (χ4v) is 7.17. The van der Waals surface area contributed by atoms with Crippen LogP contribution in [0.2, 0.25) is 5.02 Å². The number of methoxy groups -OCH3 is 2. The maximum Gasteiger partial charge on any atom is 0.439 e. The monoisotopic (exact) mass is 593 g/mol. The van der Waals surface area contributed by atoms with Crippen LogP contribution in [0.5, 0.6) is 0 Å². The van der Waals surface area contributed by atoms with Crippen LogP contribution in [0.25, 0.3) is 33.8 Å². The Hall–Kier alpha value is -3.28. The van der Waals surface area contributed by atoms with Crippen LogP contribution in [-0.2, 0) is 16.0 Å². The maximum atomic E-state index is 11.8. The molecule has 5 heterocycles. The van der Waals surface area contributed by atoms with Gasteiger partial charge in [-0.25, -0.2) is 14.8 Å². The van der Waals surface area contributed by atoms with Crippen molar-refractivity contribution in [3.05, 3.63) is 40.1 Å². The van der Waals surface area contributed by atoms with E-state index in [1.165, 1.54) is 25.7 Å². The number of fused-ring (bicyclic) bond motifs is 1. The van der Waals surface area contributed by atoms with Crippen molar-refractivity contribution >= 4 is 28.6 Å². The number of halogens is 1. The topological polar surface area (TPSA) is 124 Å². The molecule has 3 fully saturated rings. The van der Waals surface area contributed by atoms with Gasteiger partial charge in [-0.2, -0.15) is 0 Å². The van der Waals surface area contributed by atoms with Crippen LogP contribution >= 0.6 is 11.6 Å². The number of H-pyrrole nitrogens is 1. The fourth-order valence-electron chi connectivity index (χ4n) is 7.00. The number of ether oxygens (including phenoxy) is 2. The highest BCUT2D eigenvalue weighted by Gasteiger charge is 2.56. The second-order valence-corrected chi connectivity index (χ2v) is 12.7. The molecule has 11 nitrogen and oxygen atoms in total. The molecule has 1 aliphatic heterocycles. The fraction of sp³-hybridized carbons (Fsp3) is 0.567. The summed E-state index contributed by atoms with van der Waals surface area (Å²) >= 11 is 6.42. The van der Waals surface area contributed by atoms with Crippen LogP contribution in [0.3, 0.4) is 0 Å². The van der Waals surface area contributed by atoms with Gasteiger partial charge in [0.15, 0.2) is 0 Å². The molecule has 3 aliphatic rings. The zero-order chi connectivity index (χ0) is 29.0. The largest absolute Gasteiger partial charge is 0.439 e. The second-order valence-electron chi connectivity index (χ2n) is 12.2. The molecule has 4 aromatic rings. The molecule has 0 spiro atoms. The molecule has 0 bridgehead atoms. The van der Waals surface area contributed by atoms with E-state index in [-0.39, 0.29) is 23.6 Å². The summed E-state index contributed by atoms with van der Waals surface area (Å²) in [4.78, 5) is 31.5. The molecule has 0 amide bonds. The smallest absolute Gasteiger partial charge is 0.380 e. The Morgan fingerprint density at radius 3 is 2.62 bits per heavy atom. The highest BCUT2D eigenvalue weighted by atomic mass is 35.5. The Kier molecular flexibility index (Phi) is 7.06. The minimum Gasteiger partial charge on any atom is -0.380 e. The van der Waals surface area contributed by atoms with Gasteiger partial charge in [-0.3, -0.25) is 14.5 Å². The standard InChI is InChI=1S/C30H36ClN7O4/c1-17-4-6-18(7-5-17)15-38-26-22(34-28(38)37-16-21(40-2)11-24(37)30(41-3)8-9-30)12-23(27-35-29(39)42-36-27)33-25(26)19-10-20(31)14-32-13-19/h10,12-14,17-18,21,24H,4-9,11,15-16H2,1-3H3,(H,35,36,39)/t17?,18?,21-,24-/m1/s1. The first kappa shape index (κ1) is 27.5. The van der Waals surface area contributed by atoms with Crippen LogP contribution in [0.15, 0.2) is 33.8 Å². The van der Waals surface area contributed by atoms with Crippen LogP contribution in [0.4, 0.5) is 5.95 Å². The molecule has 4 aromatic heterocycles. The molecule has 12 heteroatoms. The lowest BCUT2D eigenvalue weighted by Crippen LogP contribution is -2.43. The zero-order valence-electron chi connectivity index (χ0n) is 24.2. The number of pyridine rings is 2. The third kappa shape index (κ3) is 4.91. The number of hydrogen-bond acceptors (Lipinski definition) is 9. The minimum absolute atomic E-state index is 0.0805. The van der Waals surface area contributed by atoms with E-state index in [4.69, 9.17) is 35.6 Å². The van der Waals surface area contributed by atoms with Crippen LogP contribution in [0, 0.1) is 11.8 Å². The number of anilines is 1. The maximum absolute atomic E-state index is 11.8.